The molecule has 6 rings (SSSR count). The molecule has 1 amide bonds. The second-order valence-electron chi connectivity index (χ2n) is 10.9. The van der Waals surface area contributed by atoms with Crippen LogP contribution in [0.25, 0.3) is 16.9 Å². The number of methoxy groups -OCH3 is 1. The summed E-state index contributed by atoms with van der Waals surface area (Å²) in [5.41, 5.74) is 0.999. The summed E-state index contributed by atoms with van der Waals surface area (Å²) in [7, 11) is 1.68. The van der Waals surface area contributed by atoms with E-state index < -0.39 is 6.43 Å². The first kappa shape index (κ1) is 27.8. The van der Waals surface area contributed by atoms with Crippen molar-refractivity contribution in [2.75, 3.05) is 51.5 Å². The number of hydrogen-bond acceptors (Lipinski definition) is 8. The van der Waals surface area contributed by atoms with Crippen LogP contribution in [-0.4, -0.2) is 89.0 Å². The minimum Gasteiger partial charge on any atom is -0.474 e. The van der Waals surface area contributed by atoms with Crippen molar-refractivity contribution in [1.82, 2.24) is 24.4 Å². The van der Waals surface area contributed by atoms with Gasteiger partial charge in [-0.1, -0.05) is 12.1 Å². The first-order valence-electron chi connectivity index (χ1n) is 14.5. The van der Waals surface area contributed by atoms with Crippen LogP contribution in [0.4, 0.5) is 14.7 Å². The van der Waals surface area contributed by atoms with Crippen molar-refractivity contribution in [2.45, 2.75) is 57.1 Å². The maximum atomic E-state index is 14.1. The number of imidazole rings is 1. The smallest absolute Gasteiger partial charge is 0.296 e. The van der Waals surface area contributed by atoms with E-state index in [1.165, 1.54) is 4.57 Å². The number of ether oxygens (including phenoxy) is 3. The van der Waals surface area contributed by atoms with Gasteiger partial charge in [-0.05, 0) is 50.7 Å². The van der Waals surface area contributed by atoms with E-state index in [0.717, 1.165) is 32.2 Å². The molecule has 2 aromatic heterocycles. The van der Waals surface area contributed by atoms with Crippen LogP contribution in [0.15, 0.2) is 30.3 Å². The van der Waals surface area contributed by atoms with Crippen molar-refractivity contribution in [2.24, 2.45) is 5.92 Å². The summed E-state index contributed by atoms with van der Waals surface area (Å²) in [5, 5.41) is 0. The van der Waals surface area contributed by atoms with Gasteiger partial charge in [0.1, 0.15) is 11.9 Å². The number of carbonyl (C=O) groups excluding carboxylic acids is 1. The third-order valence-electron chi connectivity index (χ3n) is 8.31. The summed E-state index contributed by atoms with van der Waals surface area (Å²) in [6, 6.07) is 8.79. The van der Waals surface area contributed by atoms with Crippen molar-refractivity contribution in [1.29, 1.82) is 0 Å². The Morgan fingerprint density at radius 3 is 2.59 bits per heavy atom. The quantitative estimate of drug-likeness (QED) is 0.399. The molecule has 2 aliphatic heterocycles. The maximum absolute atomic E-state index is 14.1. The Kier molecular flexibility index (Phi) is 8.29. The lowest BCUT2D eigenvalue weighted by atomic mass is 9.86. The van der Waals surface area contributed by atoms with Gasteiger partial charge in [-0.25, -0.2) is 13.8 Å². The highest BCUT2D eigenvalue weighted by Crippen LogP contribution is 2.33. The van der Waals surface area contributed by atoms with E-state index >= 15 is 0 Å². The molecule has 1 atom stereocenters. The molecule has 4 heterocycles. The van der Waals surface area contributed by atoms with Gasteiger partial charge in [-0.15, -0.1) is 0 Å². The molecule has 1 saturated carbocycles. The summed E-state index contributed by atoms with van der Waals surface area (Å²) < 4.78 is 46.9. The number of fused-ring (bicyclic) bond motifs is 1. The Balaban J connectivity index is 1.24. The van der Waals surface area contributed by atoms with Gasteiger partial charge in [-0.3, -0.25) is 9.36 Å². The minimum absolute atomic E-state index is 0.0249. The number of morpholine rings is 1. The molecular weight excluding hydrogens is 534 g/mol. The number of carbonyl (C=O) groups is 1. The fourth-order valence-corrected chi connectivity index (χ4v) is 6.24. The second-order valence-corrected chi connectivity index (χ2v) is 10.9. The van der Waals surface area contributed by atoms with E-state index in [9.17, 15) is 13.6 Å². The van der Waals surface area contributed by atoms with Gasteiger partial charge in [0.05, 0.1) is 36.9 Å². The first-order chi connectivity index (χ1) is 20.0. The predicted octanol–water partition coefficient (Wildman–Crippen LogP) is 4.16. The van der Waals surface area contributed by atoms with Crippen molar-refractivity contribution < 1.29 is 27.8 Å². The SMILES string of the molecule is COC[C@@H]1CCCN1C(=O)C1CCC(Oc2cc(-n3c(C(F)F)nc4ccccc43)nc(N3CCOCC3)n2)CC1. The second kappa shape index (κ2) is 12.2. The van der Waals surface area contributed by atoms with E-state index in [-0.39, 0.29) is 35.6 Å². The Morgan fingerprint density at radius 1 is 1.05 bits per heavy atom. The fraction of sp³-hybridized carbons (Fsp3) is 0.586. The number of aromatic nitrogens is 4. The summed E-state index contributed by atoms with van der Waals surface area (Å²) in [6.45, 7) is 3.60. The number of likely N-dealkylation sites (tertiary alicyclic amines) is 1. The Hall–Kier alpha value is -3.38. The zero-order valence-corrected chi connectivity index (χ0v) is 23.3. The standard InChI is InChI=1S/C29H36F2N6O4/c1-39-18-20-5-4-12-36(20)28(38)19-8-10-21(11-9-19)41-25-17-24(33-29(34-25)35-13-15-40-16-14-35)37-23-7-3-2-6-22(23)32-27(37)26(30)31/h2-3,6-7,17,19-21,26H,4-5,8-16,18H2,1H3/t19?,20-,21?/m0/s1. The number of rotatable bonds is 8. The number of anilines is 1. The third-order valence-corrected chi connectivity index (χ3v) is 8.31. The molecule has 2 saturated heterocycles. The topological polar surface area (TPSA) is 94.8 Å². The highest BCUT2D eigenvalue weighted by molar-refractivity contribution is 5.79. The van der Waals surface area contributed by atoms with Crippen molar-refractivity contribution in [3.05, 3.63) is 36.2 Å². The lowest BCUT2D eigenvalue weighted by Crippen LogP contribution is -2.43. The molecule has 3 aromatic rings. The summed E-state index contributed by atoms with van der Waals surface area (Å²) in [6.07, 6.45) is 1.95. The van der Waals surface area contributed by atoms with Gasteiger partial charge in [0, 0.05) is 38.7 Å². The molecular formula is C29H36F2N6O4. The Morgan fingerprint density at radius 2 is 1.83 bits per heavy atom. The van der Waals surface area contributed by atoms with Crippen LogP contribution >= 0.6 is 0 Å². The van der Waals surface area contributed by atoms with Crippen LogP contribution in [0, 0.1) is 5.92 Å². The predicted molar refractivity (Wildman–Crippen MR) is 148 cm³/mol. The van der Waals surface area contributed by atoms with E-state index in [4.69, 9.17) is 19.2 Å². The van der Waals surface area contributed by atoms with Gasteiger partial charge in [0.25, 0.3) is 6.43 Å². The molecule has 220 valence electrons. The van der Waals surface area contributed by atoms with E-state index in [0.29, 0.717) is 68.6 Å². The van der Waals surface area contributed by atoms with Crippen molar-refractivity contribution >= 4 is 22.9 Å². The Labute approximate surface area is 237 Å². The molecule has 0 N–H and O–H groups in total. The lowest BCUT2D eigenvalue weighted by Gasteiger charge is -2.33. The molecule has 0 bridgehead atoms. The molecule has 0 radical (unpaired) electrons. The largest absolute Gasteiger partial charge is 0.474 e. The maximum Gasteiger partial charge on any atom is 0.296 e. The van der Waals surface area contributed by atoms with E-state index in [1.54, 1.807) is 37.4 Å². The van der Waals surface area contributed by atoms with E-state index in [2.05, 4.69) is 9.97 Å². The Bertz CT molecular complexity index is 1360. The summed E-state index contributed by atoms with van der Waals surface area (Å²) in [4.78, 5) is 30.8. The number of nitrogens with zero attached hydrogens (tertiary/aromatic N) is 6. The van der Waals surface area contributed by atoms with Crippen LogP contribution in [0.1, 0.15) is 50.8 Å². The minimum atomic E-state index is -2.79. The van der Waals surface area contributed by atoms with Gasteiger partial charge >= 0.3 is 0 Å². The number of hydrogen-bond donors (Lipinski definition) is 0. The monoisotopic (exact) mass is 570 g/mol. The lowest BCUT2D eigenvalue weighted by molar-refractivity contribution is -0.138. The van der Waals surface area contributed by atoms with Crippen molar-refractivity contribution in [3.8, 4) is 11.7 Å². The average molecular weight is 571 g/mol. The van der Waals surface area contributed by atoms with Crippen LogP contribution in [0.3, 0.4) is 0 Å². The molecule has 12 heteroatoms. The molecule has 0 unspecified atom stereocenters. The van der Waals surface area contributed by atoms with Crippen LogP contribution in [0.5, 0.6) is 5.88 Å². The first-order valence-corrected chi connectivity index (χ1v) is 14.5. The third kappa shape index (κ3) is 5.85. The summed E-state index contributed by atoms with van der Waals surface area (Å²) in [5.74, 6) is 0.820. The molecule has 41 heavy (non-hydrogen) atoms. The highest BCUT2D eigenvalue weighted by Gasteiger charge is 2.35. The number of benzene rings is 1. The average Bonchev–Trinajstić information content (AvgIpc) is 3.63. The number of halogens is 2. The highest BCUT2D eigenvalue weighted by atomic mass is 19.3. The van der Waals surface area contributed by atoms with Crippen LogP contribution in [-0.2, 0) is 14.3 Å². The number of para-hydroxylation sites is 2. The zero-order chi connectivity index (χ0) is 28.3. The molecule has 3 fully saturated rings. The van der Waals surface area contributed by atoms with Crippen LogP contribution < -0.4 is 9.64 Å². The van der Waals surface area contributed by atoms with Gasteiger partial charge < -0.3 is 24.0 Å². The zero-order valence-electron chi connectivity index (χ0n) is 23.3. The molecule has 10 nitrogen and oxygen atoms in total. The van der Waals surface area contributed by atoms with Gasteiger partial charge in [0.15, 0.2) is 5.82 Å². The normalized spacial score (nSPS) is 23.5. The molecule has 1 aliphatic carbocycles. The van der Waals surface area contributed by atoms with E-state index in [1.807, 2.05) is 9.80 Å². The fourth-order valence-electron chi connectivity index (χ4n) is 6.24. The van der Waals surface area contributed by atoms with Gasteiger partial charge in [0.2, 0.25) is 17.7 Å². The number of alkyl halides is 2. The molecule has 3 aliphatic rings. The molecule has 0 spiro atoms. The number of amides is 1. The molecule has 1 aromatic carbocycles. The summed E-state index contributed by atoms with van der Waals surface area (Å²) >= 11 is 0. The van der Waals surface area contributed by atoms with Crippen molar-refractivity contribution in [3.63, 3.8) is 0 Å². The van der Waals surface area contributed by atoms with Crippen LogP contribution in [0.2, 0.25) is 0 Å². The van der Waals surface area contributed by atoms with Gasteiger partial charge in [-0.2, -0.15) is 9.97 Å².